The van der Waals surface area contributed by atoms with Gasteiger partial charge in [0.05, 0.1) is 5.75 Å². The molecule has 0 fully saturated rings. The summed E-state index contributed by atoms with van der Waals surface area (Å²) in [7, 11) is 0. The van der Waals surface area contributed by atoms with Crippen LogP contribution in [0.2, 0.25) is 5.02 Å². The molecule has 1 heterocycles. The van der Waals surface area contributed by atoms with Crippen molar-refractivity contribution in [2.45, 2.75) is 41.9 Å². The van der Waals surface area contributed by atoms with Crippen LogP contribution in [0, 0.1) is 6.92 Å². The van der Waals surface area contributed by atoms with Crippen LogP contribution in [0.15, 0.2) is 58.6 Å². The zero-order valence-corrected chi connectivity index (χ0v) is 16.7. The third kappa shape index (κ3) is 5.03. The minimum Gasteiger partial charge on any atom is -0.306 e. The number of nitrogens with zero attached hydrogens (tertiary/aromatic N) is 3. The summed E-state index contributed by atoms with van der Waals surface area (Å²) in [4.78, 5) is 1.26. The first-order chi connectivity index (χ1) is 12.2. The molecule has 3 rings (SSSR count). The zero-order valence-electron chi connectivity index (χ0n) is 14.3. The van der Waals surface area contributed by atoms with Crippen molar-refractivity contribution < 1.29 is 0 Å². The topological polar surface area (TPSA) is 30.7 Å². The average Bonchev–Trinajstić information content (AvgIpc) is 3.02. The molecule has 25 heavy (non-hydrogen) atoms. The highest BCUT2D eigenvalue weighted by atomic mass is 35.5. The molecular formula is C19H20ClN3S2. The molecule has 0 radical (unpaired) electrons. The van der Waals surface area contributed by atoms with Gasteiger partial charge in [0.15, 0.2) is 5.16 Å². The largest absolute Gasteiger partial charge is 0.306 e. The molecule has 130 valence electrons. The Labute approximate surface area is 162 Å². The molecule has 0 spiro atoms. The number of halogens is 1. The Morgan fingerprint density at radius 1 is 0.920 bits per heavy atom. The lowest BCUT2D eigenvalue weighted by atomic mass is 10.2. The maximum Gasteiger partial charge on any atom is 0.191 e. The SMILES string of the molecule is CCn1c(CSc2ccc(C)cc2)nnc1SCc1ccc(Cl)cc1. The summed E-state index contributed by atoms with van der Waals surface area (Å²) >= 11 is 9.44. The van der Waals surface area contributed by atoms with Crippen LogP contribution in [-0.4, -0.2) is 14.8 Å². The number of rotatable bonds is 7. The van der Waals surface area contributed by atoms with Gasteiger partial charge >= 0.3 is 0 Å². The minimum absolute atomic E-state index is 0.765. The highest BCUT2D eigenvalue weighted by Gasteiger charge is 2.12. The molecule has 0 bridgehead atoms. The van der Waals surface area contributed by atoms with E-state index in [0.717, 1.165) is 34.1 Å². The maximum absolute atomic E-state index is 5.94. The summed E-state index contributed by atoms with van der Waals surface area (Å²) in [5, 5.41) is 10.5. The summed E-state index contributed by atoms with van der Waals surface area (Å²) < 4.78 is 2.20. The molecule has 0 aliphatic rings. The number of benzene rings is 2. The first-order valence-corrected chi connectivity index (χ1v) is 10.5. The second-order valence-corrected chi connectivity index (χ2v) is 8.09. The lowest BCUT2D eigenvalue weighted by Gasteiger charge is -2.07. The van der Waals surface area contributed by atoms with E-state index < -0.39 is 0 Å². The quantitative estimate of drug-likeness (QED) is 0.474. The van der Waals surface area contributed by atoms with Crippen LogP contribution in [0.1, 0.15) is 23.9 Å². The fourth-order valence-electron chi connectivity index (χ4n) is 2.36. The van der Waals surface area contributed by atoms with Gasteiger partial charge in [-0.25, -0.2) is 0 Å². The van der Waals surface area contributed by atoms with Crippen LogP contribution in [0.4, 0.5) is 0 Å². The molecule has 0 aliphatic heterocycles. The van der Waals surface area contributed by atoms with E-state index in [-0.39, 0.29) is 0 Å². The minimum atomic E-state index is 0.765. The lowest BCUT2D eigenvalue weighted by molar-refractivity contribution is 0.659. The monoisotopic (exact) mass is 389 g/mol. The summed E-state index contributed by atoms with van der Waals surface area (Å²) in [6.07, 6.45) is 0. The third-order valence-electron chi connectivity index (χ3n) is 3.78. The number of hydrogen-bond acceptors (Lipinski definition) is 4. The van der Waals surface area contributed by atoms with Gasteiger partial charge in [-0.1, -0.05) is 53.2 Å². The summed E-state index contributed by atoms with van der Waals surface area (Å²) in [6, 6.07) is 16.5. The number of aromatic nitrogens is 3. The molecule has 3 aromatic rings. The first-order valence-electron chi connectivity index (χ1n) is 8.14. The summed E-state index contributed by atoms with van der Waals surface area (Å²) in [5.41, 5.74) is 2.51. The number of thioether (sulfide) groups is 2. The van der Waals surface area contributed by atoms with Gasteiger partial charge in [-0.2, -0.15) is 0 Å². The summed E-state index contributed by atoms with van der Waals surface area (Å²) in [5.74, 6) is 2.71. The Morgan fingerprint density at radius 3 is 2.32 bits per heavy atom. The Kier molecular flexibility index (Phi) is 6.45. The predicted molar refractivity (Wildman–Crippen MR) is 107 cm³/mol. The van der Waals surface area contributed by atoms with E-state index in [0.29, 0.717) is 0 Å². The second kappa shape index (κ2) is 8.79. The van der Waals surface area contributed by atoms with Crippen LogP contribution >= 0.6 is 35.1 Å². The van der Waals surface area contributed by atoms with Gasteiger partial charge in [0.2, 0.25) is 0 Å². The van der Waals surface area contributed by atoms with Crippen LogP contribution in [-0.2, 0) is 18.1 Å². The van der Waals surface area contributed by atoms with Crippen molar-refractivity contribution in [2.24, 2.45) is 0 Å². The molecule has 3 nitrogen and oxygen atoms in total. The van der Waals surface area contributed by atoms with E-state index >= 15 is 0 Å². The Morgan fingerprint density at radius 2 is 1.64 bits per heavy atom. The second-order valence-electron chi connectivity index (χ2n) is 5.66. The van der Waals surface area contributed by atoms with Crippen molar-refractivity contribution in [3.63, 3.8) is 0 Å². The Balaban J connectivity index is 1.63. The van der Waals surface area contributed by atoms with Gasteiger partial charge < -0.3 is 4.57 Å². The molecule has 2 aromatic carbocycles. The fraction of sp³-hybridized carbons (Fsp3) is 0.263. The predicted octanol–water partition coefficient (Wildman–Crippen LogP) is 5.84. The number of aryl methyl sites for hydroxylation is 1. The highest BCUT2D eigenvalue weighted by Crippen LogP contribution is 2.26. The fourth-order valence-corrected chi connectivity index (χ4v) is 4.30. The van der Waals surface area contributed by atoms with E-state index in [9.17, 15) is 0 Å². The van der Waals surface area contributed by atoms with Gasteiger partial charge in [-0.15, -0.1) is 22.0 Å². The summed E-state index contributed by atoms with van der Waals surface area (Å²) in [6.45, 7) is 5.11. The van der Waals surface area contributed by atoms with Gasteiger partial charge in [-0.05, 0) is 43.7 Å². The van der Waals surface area contributed by atoms with Crippen LogP contribution in [0.25, 0.3) is 0 Å². The molecule has 0 aliphatic carbocycles. The first kappa shape index (κ1) is 18.4. The third-order valence-corrected chi connectivity index (χ3v) is 6.08. The van der Waals surface area contributed by atoms with Gasteiger partial charge in [-0.3, -0.25) is 0 Å². The van der Waals surface area contributed by atoms with Crippen molar-refractivity contribution in [3.05, 3.63) is 70.5 Å². The van der Waals surface area contributed by atoms with E-state index in [1.807, 2.05) is 12.1 Å². The number of hydrogen-bond donors (Lipinski definition) is 0. The normalized spacial score (nSPS) is 11.0. The van der Waals surface area contributed by atoms with E-state index in [4.69, 9.17) is 11.6 Å². The van der Waals surface area contributed by atoms with Crippen LogP contribution in [0.5, 0.6) is 0 Å². The average molecular weight is 390 g/mol. The van der Waals surface area contributed by atoms with E-state index in [1.54, 1.807) is 23.5 Å². The maximum atomic E-state index is 5.94. The Hall–Kier alpha value is -1.43. The smallest absolute Gasteiger partial charge is 0.191 e. The molecular weight excluding hydrogens is 370 g/mol. The van der Waals surface area contributed by atoms with Crippen molar-refractivity contribution in [3.8, 4) is 0 Å². The molecule has 0 saturated heterocycles. The lowest BCUT2D eigenvalue weighted by Crippen LogP contribution is -2.02. The van der Waals surface area contributed by atoms with Gasteiger partial charge in [0, 0.05) is 22.2 Å². The highest BCUT2D eigenvalue weighted by molar-refractivity contribution is 7.98. The van der Waals surface area contributed by atoms with Gasteiger partial charge in [0.25, 0.3) is 0 Å². The van der Waals surface area contributed by atoms with Crippen LogP contribution < -0.4 is 0 Å². The molecule has 1 aromatic heterocycles. The molecule has 0 atom stereocenters. The van der Waals surface area contributed by atoms with Crippen molar-refractivity contribution in [1.29, 1.82) is 0 Å². The van der Waals surface area contributed by atoms with Gasteiger partial charge in [0.1, 0.15) is 5.82 Å². The molecule has 0 amide bonds. The van der Waals surface area contributed by atoms with E-state index in [1.165, 1.54) is 16.0 Å². The molecule has 0 saturated carbocycles. The van der Waals surface area contributed by atoms with Crippen molar-refractivity contribution in [1.82, 2.24) is 14.8 Å². The van der Waals surface area contributed by atoms with Crippen molar-refractivity contribution >= 4 is 35.1 Å². The standard InChI is InChI=1S/C19H20ClN3S2/c1-3-23-18(13-24-17-10-4-14(2)5-11-17)21-22-19(23)25-12-15-6-8-16(20)9-7-15/h4-11H,3,12-13H2,1-2H3. The molecule has 0 N–H and O–H groups in total. The van der Waals surface area contributed by atoms with E-state index in [2.05, 4.69) is 65.0 Å². The Bertz CT molecular complexity index is 747. The molecule has 0 unspecified atom stereocenters. The zero-order chi connectivity index (χ0) is 17.6. The van der Waals surface area contributed by atoms with Crippen molar-refractivity contribution in [2.75, 3.05) is 0 Å². The molecule has 6 heteroatoms. The van der Waals surface area contributed by atoms with Crippen LogP contribution in [0.3, 0.4) is 0 Å².